The van der Waals surface area contributed by atoms with E-state index in [0.717, 1.165) is 11.1 Å². The highest BCUT2D eigenvalue weighted by molar-refractivity contribution is 5.48. The molecule has 0 aliphatic rings. The maximum absolute atomic E-state index is 10.3. The van der Waals surface area contributed by atoms with Crippen molar-refractivity contribution in [3.05, 3.63) is 59.7 Å². The zero-order chi connectivity index (χ0) is 22.5. The highest BCUT2D eigenvalue weighted by Gasteiger charge is 2.34. The fraction of sp³-hybridized carbons (Fsp3) is 0.500. The van der Waals surface area contributed by atoms with E-state index in [0.29, 0.717) is 37.6 Å². The normalized spacial score (nSPS) is 12.4. The monoisotopic (exact) mass is 434 g/mol. The summed E-state index contributed by atoms with van der Waals surface area (Å²) in [5.41, 5.74) is 1.59. The summed E-state index contributed by atoms with van der Waals surface area (Å²) in [6.07, 6.45) is 0.971. The van der Waals surface area contributed by atoms with E-state index in [4.69, 9.17) is 19.7 Å². The molecule has 5 N–H and O–H groups in total. The Labute approximate surface area is 183 Å². The van der Waals surface area contributed by atoms with Crippen LogP contribution in [-0.2, 0) is 0 Å². The number of aliphatic hydroxyl groups excluding tert-OH is 5. The first-order valence-electron chi connectivity index (χ1n) is 10.7. The molecule has 0 spiro atoms. The van der Waals surface area contributed by atoms with Crippen LogP contribution in [0.25, 0.3) is 0 Å². The maximum Gasteiger partial charge on any atom is 0.123 e. The number of hydrogen-bond acceptors (Lipinski definition) is 7. The van der Waals surface area contributed by atoms with Gasteiger partial charge in [-0.05, 0) is 12.1 Å². The lowest BCUT2D eigenvalue weighted by Gasteiger charge is -2.33. The summed E-state index contributed by atoms with van der Waals surface area (Å²) >= 11 is 0. The Morgan fingerprint density at radius 3 is 1.45 bits per heavy atom. The minimum Gasteiger partial charge on any atom is -0.493 e. The molecular weight excluding hydrogens is 400 g/mol. The Balaban J connectivity index is 2.56. The third-order valence-corrected chi connectivity index (χ3v) is 5.34. The third kappa shape index (κ3) is 6.92. The summed E-state index contributed by atoms with van der Waals surface area (Å²) in [7, 11) is 0. The summed E-state index contributed by atoms with van der Waals surface area (Å²) in [6.45, 7) is -0.109. The molecule has 1 atom stereocenters. The van der Waals surface area contributed by atoms with Gasteiger partial charge in [0.25, 0.3) is 0 Å². The zero-order valence-electron chi connectivity index (χ0n) is 17.8. The molecule has 0 aliphatic carbocycles. The van der Waals surface area contributed by atoms with Crippen molar-refractivity contribution in [3.63, 3.8) is 0 Å². The fourth-order valence-electron chi connectivity index (χ4n) is 3.72. The van der Waals surface area contributed by atoms with Crippen LogP contribution in [-0.4, -0.2) is 71.8 Å². The lowest BCUT2D eigenvalue weighted by molar-refractivity contribution is 0.0644. The van der Waals surface area contributed by atoms with Crippen LogP contribution in [0.3, 0.4) is 0 Å². The topological polar surface area (TPSA) is 120 Å². The van der Waals surface area contributed by atoms with Gasteiger partial charge < -0.3 is 35.0 Å². The van der Waals surface area contributed by atoms with Gasteiger partial charge in [-0.25, -0.2) is 0 Å². The number of ether oxygens (including phenoxy) is 2. The van der Waals surface area contributed by atoms with Crippen molar-refractivity contribution in [3.8, 4) is 11.5 Å². The van der Waals surface area contributed by atoms with Gasteiger partial charge in [0, 0.05) is 74.8 Å². The fourth-order valence-corrected chi connectivity index (χ4v) is 3.72. The van der Waals surface area contributed by atoms with Crippen LogP contribution in [0.4, 0.5) is 0 Å². The lowest BCUT2D eigenvalue weighted by atomic mass is 9.74. The minimum absolute atomic E-state index is 0.0174. The molecule has 0 bridgehead atoms. The van der Waals surface area contributed by atoms with E-state index in [1.165, 1.54) is 0 Å². The molecule has 0 saturated heterocycles. The summed E-state index contributed by atoms with van der Waals surface area (Å²) in [6, 6.07) is 14.9. The summed E-state index contributed by atoms with van der Waals surface area (Å²) in [5, 5.41) is 48.2. The van der Waals surface area contributed by atoms with Crippen molar-refractivity contribution in [2.24, 2.45) is 11.8 Å². The van der Waals surface area contributed by atoms with Gasteiger partial charge in [-0.2, -0.15) is 0 Å². The molecule has 1 unspecified atom stereocenters. The molecule has 172 valence electrons. The van der Waals surface area contributed by atoms with Gasteiger partial charge in [-0.3, -0.25) is 0 Å². The van der Waals surface area contributed by atoms with E-state index >= 15 is 0 Å². The quantitative estimate of drug-likeness (QED) is 0.270. The molecule has 0 saturated carbocycles. The first-order valence-corrected chi connectivity index (χ1v) is 10.7. The van der Waals surface area contributed by atoms with Crippen LogP contribution < -0.4 is 9.47 Å². The molecule has 31 heavy (non-hydrogen) atoms. The molecule has 2 aromatic carbocycles. The van der Waals surface area contributed by atoms with Gasteiger partial charge in [0.1, 0.15) is 11.5 Å². The average Bonchev–Trinajstić information content (AvgIpc) is 2.81. The van der Waals surface area contributed by atoms with Crippen LogP contribution in [0.15, 0.2) is 48.5 Å². The van der Waals surface area contributed by atoms with E-state index in [1.807, 2.05) is 48.5 Å². The SMILES string of the molecule is OCCCOc1ccccc1C(c1ccccc1OCCCO)C(CO)C(CO)CO. The Morgan fingerprint density at radius 1 is 0.613 bits per heavy atom. The summed E-state index contributed by atoms with van der Waals surface area (Å²) < 4.78 is 11.8. The van der Waals surface area contributed by atoms with Gasteiger partial charge in [0.2, 0.25) is 0 Å². The Hall–Kier alpha value is -2.16. The molecule has 7 heteroatoms. The second-order valence-electron chi connectivity index (χ2n) is 7.38. The molecule has 7 nitrogen and oxygen atoms in total. The van der Waals surface area contributed by atoms with Gasteiger partial charge >= 0.3 is 0 Å². The van der Waals surface area contributed by atoms with Crippen LogP contribution in [0.2, 0.25) is 0 Å². The van der Waals surface area contributed by atoms with Gasteiger partial charge in [-0.15, -0.1) is 0 Å². The van der Waals surface area contributed by atoms with E-state index in [2.05, 4.69) is 0 Å². The summed E-state index contributed by atoms with van der Waals surface area (Å²) in [5.74, 6) is -0.255. The van der Waals surface area contributed by atoms with Crippen molar-refractivity contribution < 1.29 is 35.0 Å². The second-order valence-corrected chi connectivity index (χ2v) is 7.38. The van der Waals surface area contributed by atoms with Crippen molar-refractivity contribution in [2.45, 2.75) is 18.8 Å². The molecule has 2 aromatic rings. The highest BCUT2D eigenvalue weighted by atomic mass is 16.5. The van der Waals surface area contributed by atoms with Gasteiger partial charge in [-0.1, -0.05) is 36.4 Å². The Bertz CT molecular complexity index is 695. The third-order valence-electron chi connectivity index (χ3n) is 5.34. The molecule has 0 radical (unpaired) electrons. The van der Waals surface area contributed by atoms with Crippen molar-refractivity contribution in [2.75, 3.05) is 46.2 Å². The first kappa shape index (κ1) is 25.1. The lowest BCUT2D eigenvalue weighted by Crippen LogP contribution is -2.31. The molecule has 0 fully saturated rings. The number of aliphatic hydroxyl groups is 5. The van der Waals surface area contributed by atoms with E-state index < -0.39 is 17.8 Å². The zero-order valence-corrected chi connectivity index (χ0v) is 17.8. The molecule has 0 aliphatic heterocycles. The number of benzene rings is 2. The van der Waals surface area contributed by atoms with Crippen LogP contribution in [0.1, 0.15) is 29.9 Å². The number of para-hydroxylation sites is 2. The predicted molar refractivity (Wildman–Crippen MR) is 117 cm³/mol. The van der Waals surface area contributed by atoms with Crippen LogP contribution in [0.5, 0.6) is 11.5 Å². The molecule has 0 heterocycles. The standard InChI is InChI=1S/C24H34O7/c25-11-5-13-30-22-9-3-1-7-19(22)24(21(17-29)18(15-27)16-28)20-8-2-4-10-23(20)31-14-6-12-26/h1-4,7-10,18,21,24-29H,5-6,11-17H2. The Kier molecular flexibility index (Phi) is 11.3. The maximum atomic E-state index is 10.3. The molecule has 0 amide bonds. The Morgan fingerprint density at radius 2 is 1.06 bits per heavy atom. The van der Waals surface area contributed by atoms with Crippen LogP contribution >= 0.6 is 0 Å². The van der Waals surface area contributed by atoms with E-state index in [1.54, 1.807) is 0 Å². The number of hydrogen-bond donors (Lipinski definition) is 5. The largest absolute Gasteiger partial charge is 0.493 e. The van der Waals surface area contributed by atoms with Crippen molar-refractivity contribution in [1.82, 2.24) is 0 Å². The van der Waals surface area contributed by atoms with E-state index in [-0.39, 0.29) is 33.0 Å². The molecule has 2 rings (SSSR count). The first-order chi connectivity index (χ1) is 15.2. The molecular formula is C24H34O7. The predicted octanol–water partition coefficient (Wildman–Crippen LogP) is 1.55. The number of rotatable bonds is 15. The van der Waals surface area contributed by atoms with Crippen LogP contribution in [0, 0.1) is 11.8 Å². The molecule has 0 aromatic heterocycles. The average molecular weight is 435 g/mol. The van der Waals surface area contributed by atoms with Gasteiger partial charge in [0.15, 0.2) is 0 Å². The highest BCUT2D eigenvalue weighted by Crippen LogP contribution is 2.43. The van der Waals surface area contributed by atoms with Gasteiger partial charge in [0.05, 0.1) is 13.2 Å². The summed E-state index contributed by atoms with van der Waals surface area (Å²) in [4.78, 5) is 0. The van der Waals surface area contributed by atoms with E-state index in [9.17, 15) is 15.3 Å². The van der Waals surface area contributed by atoms with Crippen molar-refractivity contribution >= 4 is 0 Å². The second kappa shape index (κ2) is 14.0. The minimum atomic E-state index is -0.550. The smallest absolute Gasteiger partial charge is 0.123 e. The van der Waals surface area contributed by atoms with Crippen molar-refractivity contribution in [1.29, 1.82) is 0 Å².